The lowest BCUT2D eigenvalue weighted by Crippen LogP contribution is -2.29. The molecule has 0 saturated carbocycles. The molecule has 0 bridgehead atoms. The summed E-state index contributed by atoms with van der Waals surface area (Å²) in [4.78, 5) is 0. The summed E-state index contributed by atoms with van der Waals surface area (Å²) in [5.74, 6) is 0.792. The summed E-state index contributed by atoms with van der Waals surface area (Å²) in [5.41, 5.74) is 7.46. The highest BCUT2D eigenvalue weighted by molar-refractivity contribution is 6.32. The normalized spacial score (nSPS) is 11.6. The number of ether oxygens (including phenoxy) is 1. The lowest BCUT2D eigenvalue weighted by Gasteiger charge is -2.22. The van der Waals surface area contributed by atoms with Gasteiger partial charge in [0.15, 0.2) is 0 Å². The maximum absolute atomic E-state index is 6.17. The molecule has 0 amide bonds. The molecule has 14 heavy (non-hydrogen) atoms. The van der Waals surface area contributed by atoms with E-state index in [1.807, 2.05) is 32.9 Å². The van der Waals surface area contributed by atoms with Gasteiger partial charge in [0, 0.05) is 10.6 Å². The molecule has 3 heteroatoms. The van der Waals surface area contributed by atoms with Crippen LogP contribution in [0.5, 0.6) is 5.75 Å². The number of halogens is 1. The molecule has 0 unspecified atom stereocenters. The molecule has 0 atom stereocenters. The first kappa shape index (κ1) is 11.3. The second-order valence-corrected chi connectivity index (χ2v) is 4.41. The number of aryl methyl sites for hydroxylation is 1. The SMILES string of the molecule is COc1cc(C)c(Cl)c(C(C)(C)N)c1. The van der Waals surface area contributed by atoms with Crippen molar-refractivity contribution in [2.24, 2.45) is 5.73 Å². The second-order valence-electron chi connectivity index (χ2n) is 4.03. The molecule has 0 aliphatic carbocycles. The van der Waals surface area contributed by atoms with Gasteiger partial charge in [0.2, 0.25) is 0 Å². The van der Waals surface area contributed by atoms with Crippen LogP contribution in [0, 0.1) is 6.92 Å². The fraction of sp³-hybridized carbons (Fsp3) is 0.455. The third kappa shape index (κ3) is 2.20. The molecule has 2 nitrogen and oxygen atoms in total. The van der Waals surface area contributed by atoms with Crippen LogP contribution in [0.25, 0.3) is 0 Å². The molecule has 0 aliphatic heterocycles. The molecule has 0 spiro atoms. The third-order valence-electron chi connectivity index (χ3n) is 2.16. The van der Waals surface area contributed by atoms with Crippen LogP contribution in [0.15, 0.2) is 12.1 Å². The van der Waals surface area contributed by atoms with Crippen molar-refractivity contribution >= 4 is 11.6 Å². The van der Waals surface area contributed by atoms with Gasteiger partial charge in [0.25, 0.3) is 0 Å². The smallest absolute Gasteiger partial charge is 0.119 e. The molecule has 1 aromatic carbocycles. The summed E-state index contributed by atoms with van der Waals surface area (Å²) in [6.07, 6.45) is 0. The van der Waals surface area contributed by atoms with Gasteiger partial charge in [0.05, 0.1) is 7.11 Å². The predicted octanol–water partition coefficient (Wildman–Crippen LogP) is 2.85. The molecule has 0 fully saturated rings. The van der Waals surface area contributed by atoms with Gasteiger partial charge in [-0.15, -0.1) is 0 Å². The van der Waals surface area contributed by atoms with Crippen LogP contribution in [0.3, 0.4) is 0 Å². The molecule has 1 aromatic rings. The van der Waals surface area contributed by atoms with Gasteiger partial charge >= 0.3 is 0 Å². The molecule has 0 aromatic heterocycles. The molecule has 1 rings (SSSR count). The van der Waals surface area contributed by atoms with Gasteiger partial charge in [-0.1, -0.05) is 11.6 Å². The van der Waals surface area contributed by atoms with Gasteiger partial charge in [-0.2, -0.15) is 0 Å². The van der Waals surface area contributed by atoms with Crippen molar-refractivity contribution < 1.29 is 4.74 Å². The van der Waals surface area contributed by atoms with E-state index in [-0.39, 0.29) is 0 Å². The van der Waals surface area contributed by atoms with Gasteiger partial charge in [-0.3, -0.25) is 0 Å². The Balaban J connectivity index is 3.35. The quantitative estimate of drug-likeness (QED) is 0.820. The Morgan fingerprint density at radius 1 is 1.36 bits per heavy atom. The number of rotatable bonds is 2. The van der Waals surface area contributed by atoms with E-state index in [0.29, 0.717) is 0 Å². The van der Waals surface area contributed by atoms with E-state index < -0.39 is 5.54 Å². The summed E-state index contributed by atoms with van der Waals surface area (Å²) in [5, 5.41) is 0.721. The molecule has 0 aliphatic rings. The van der Waals surface area contributed by atoms with E-state index in [9.17, 15) is 0 Å². The van der Waals surface area contributed by atoms with E-state index in [2.05, 4.69) is 0 Å². The Kier molecular flexibility index (Phi) is 3.07. The highest BCUT2D eigenvalue weighted by atomic mass is 35.5. The van der Waals surface area contributed by atoms with Crippen molar-refractivity contribution in [2.45, 2.75) is 26.3 Å². The lowest BCUT2D eigenvalue weighted by molar-refractivity contribution is 0.412. The van der Waals surface area contributed by atoms with Crippen molar-refractivity contribution in [3.8, 4) is 5.75 Å². The van der Waals surface area contributed by atoms with Crippen LogP contribution in [-0.2, 0) is 5.54 Å². The van der Waals surface area contributed by atoms with Gasteiger partial charge in [0.1, 0.15) is 5.75 Å². The number of hydrogen-bond donors (Lipinski definition) is 1. The highest BCUT2D eigenvalue weighted by Gasteiger charge is 2.19. The minimum atomic E-state index is -0.448. The number of nitrogens with two attached hydrogens (primary N) is 1. The van der Waals surface area contributed by atoms with E-state index in [1.54, 1.807) is 7.11 Å². The first-order valence-corrected chi connectivity index (χ1v) is 4.87. The molecule has 78 valence electrons. The molecule has 2 N–H and O–H groups in total. The highest BCUT2D eigenvalue weighted by Crippen LogP contribution is 2.32. The van der Waals surface area contributed by atoms with E-state index in [0.717, 1.165) is 21.9 Å². The Morgan fingerprint density at radius 3 is 2.36 bits per heavy atom. The summed E-state index contributed by atoms with van der Waals surface area (Å²) >= 11 is 6.17. The summed E-state index contributed by atoms with van der Waals surface area (Å²) < 4.78 is 5.17. The number of benzene rings is 1. The minimum absolute atomic E-state index is 0.448. The van der Waals surface area contributed by atoms with Crippen LogP contribution >= 0.6 is 11.6 Å². The zero-order valence-corrected chi connectivity index (χ0v) is 9.77. The first-order valence-electron chi connectivity index (χ1n) is 4.49. The monoisotopic (exact) mass is 213 g/mol. The number of hydrogen-bond acceptors (Lipinski definition) is 2. The van der Waals surface area contributed by atoms with Crippen LogP contribution in [-0.4, -0.2) is 7.11 Å². The van der Waals surface area contributed by atoms with E-state index >= 15 is 0 Å². The van der Waals surface area contributed by atoms with E-state index in [1.165, 1.54) is 0 Å². The largest absolute Gasteiger partial charge is 0.497 e. The minimum Gasteiger partial charge on any atom is -0.497 e. The Morgan fingerprint density at radius 2 is 1.93 bits per heavy atom. The average molecular weight is 214 g/mol. The number of methoxy groups -OCH3 is 1. The van der Waals surface area contributed by atoms with Gasteiger partial charge in [-0.05, 0) is 44.0 Å². The average Bonchev–Trinajstić information content (AvgIpc) is 2.07. The lowest BCUT2D eigenvalue weighted by atomic mass is 9.94. The maximum atomic E-state index is 6.17. The summed E-state index contributed by atoms with van der Waals surface area (Å²) in [7, 11) is 1.63. The van der Waals surface area contributed by atoms with Crippen LogP contribution in [0.1, 0.15) is 25.0 Å². The molecule has 0 radical (unpaired) electrons. The van der Waals surface area contributed by atoms with Crippen molar-refractivity contribution in [3.63, 3.8) is 0 Å². The Hall–Kier alpha value is -0.730. The van der Waals surface area contributed by atoms with Gasteiger partial charge in [-0.25, -0.2) is 0 Å². The maximum Gasteiger partial charge on any atom is 0.119 e. The second kappa shape index (κ2) is 3.79. The zero-order valence-electron chi connectivity index (χ0n) is 9.02. The molecular weight excluding hydrogens is 198 g/mol. The third-order valence-corrected chi connectivity index (χ3v) is 2.66. The fourth-order valence-corrected chi connectivity index (χ4v) is 1.68. The van der Waals surface area contributed by atoms with Crippen molar-refractivity contribution in [3.05, 3.63) is 28.3 Å². The van der Waals surface area contributed by atoms with E-state index in [4.69, 9.17) is 22.1 Å². The van der Waals surface area contributed by atoms with Crippen molar-refractivity contribution in [1.82, 2.24) is 0 Å². The Bertz CT molecular complexity index is 342. The van der Waals surface area contributed by atoms with Crippen molar-refractivity contribution in [2.75, 3.05) is 7.11 Å². The van der Waals surface area contributed by atoms with Crippen molar-refractivity contribution in [1.29, 1.82) is 0 Å². The van der Waals surface area contributed by atoms with Crippen LogP contribution in [0.2, 0.25) is 5.02 Å². The summed E-state index contributed by atoms with van der Waals surface area (Å²) in [6.45, 7) is 5.79. The van der Waals surface area contributed by atoms with Crippen LogP contribution in [0.4, 0.5) is 0 Å². The standard InChI is InChI=1S/C11H16ClNO/c1-7-5-8(14-4)6-9(10(7)12)11(2,3)13/h5-6H,13H2,1-4H3. The van der Waals surface area contributed by atoms with Gasteiger partial charge < -0.3 is 10.5 Å². The zero-order chi connectivity index (χ0) is 10.9. The molecule has 0 saturated heterocycles. The fourth-order valence-electron chi connectivity index (χ4n) is 1.32. The molecular formula is C11H16ClNO. The molecule has 0 heterocycles. The summed E-state index contributed by atoms with van der Waals surface area (Å²) in [6, 6.07) is 3.78. The predicted molar refractivity (Wildman–Crippen MR) is 60.0 cm³/mol. The first-order chi connectivity index (χ1) is 6.36. The topological polar surface area (TPSA) is 35.2 Å². The Labute approximate surface area is 90.0 Å². The van der Waals surface area contributed by atoms with Crippen LogP contribution < -0.4 is 10.5 Å².